The van der Waals surface area contributed by atoms with E-state index in [9.17, 15) is 14.7 Å². The lowest BCUT2D eigenvalue weighted by atomic mass is 10.1. The number of rotatable bonds is 6. The minimum Gasteiger partial charge on any atom is -0.477 e. The molecule has 4 rings (SSSR count). The summed E-state index contributed by atoms with van der Waals surface area (Å²) in [5.41, 5.74) is 0.972. The van der Waals surface area contributed by atoms with Crippen molar-refractivity contribution in [3.05, 3.63) is 91.6 Å². The normalized spacial score (nSPS) is 11.5. The molecule has 2 aromatic heterocycles. The molecule has 34 heavy (non-hydrogen) atoms. The zero-order chi connectivity index (χ0) is 24.4. The number of hydrogen-bond donors (Lipinski definition) is 2. The van der Waals surface area contributed by atoms with Gasteiger partial charge in [0.25, 0.3) is 5.91 Å². The lowest BCUT2D eigenvalue weighted by Crippen LogP contribution is -2.27. The third kappa shape index (κ3) is 4.88. The number of amides is 1. The second-order valence-corrected chi connectivity index (χ2v) is 9.40. The van der Waals surface area contributed by atoms with E-state index in [1.165, 1.54) is 24.3 Å². The molecule has 0 aliphatic carbocycles. The summed E-state index contributed by atoms with van der Waals surface area (Å²) in [6.45, 7) is 1.54. The van der Waals surface area contributed by atoms with Crippen molar-refractivity contribution in [3.8, 4) is 21.7 Å². The first kappa shape index (κ1) is 24.0. The van der Waals surface area contributed by atoms with Crippen LogP contribution in [0, 0.1) is 6.92 Å². The quantitative estimate of drug-likeness (QED) is 0.256. The second kappa shape index (κ2) is 10.0. The van der Waals surface area contributed by atoms with Crippen LogP contribution in [0.1, 0.15) is 21.0 Å². The van der Waals surface area contributed by atoms with Crippen molar-refractivity contribution in [1.29, 1.82) is 0 Å². The zero-order valence-electron chi connectivity index (χ0n) is 17.4. The fourth-order valence-corrected chi connectivity index (χ4v) is 5.11. The smallest absolute Gasteiger partial charge is 0.352 e. The Morgan fingerprint density at radius 1 is 1.00 bits per heavy atom. The van der Waals surface area contributed by atoms with Gasteiger partial charge in [-0.3, -0.25) is 4.79 Å². The lowest BCUT2D eigenvalue weighted by Gasteiger charge is -2.08. The first-order valence-corrected chi connectivity index (χ1v) is 11.7. The van der Waals surface area contributed by atoms with E-state index in [1.54, 1.807) is 30.3 Å². The van der Waals surface area contributed by atoms with Crippen LogP contribution in [0.2, 0.25) is 15.1 Å². The molecule has 4 aromatic rings. The van der Waals surface area contributed by atoms with Crippen LogP contribution < -0.4 is 5.32 Å². The maximum Gasteiger partial charge on any atom is 0.352 e. The average Bonchev–Trinajstić information content (AvgIpc) is 3.40. The van der Waals surface area contributed by atoms with Crippen LogP contribution in [-0.4, -0.2) is 22.1 Å². The highest BCUT2D eigenvalue weighted by Gasteiger charge is 2.26. The number of aromatic nitrogens is 1. The number of thiophene rings is 1. The summed E-state index contributed by atoms with van der Waals surface area (Å²) in [4.78, 5) is 26.5. The number of aryl methyl sites for hydroxylation is 1. The largest absolute Gasteiger partial charge is 0.477 e. The molecule has 0 atom stereocenters. The third-order valence-electron chi connectivity index (χ3n) is 4.82. The van der Waals surface area contributed by atoms with Crippen LogP contribution in [-0.2, 0) is 4.79 Å². The van der Waals surface area contributed by atoms with Crippen molar-refractivity contribution in [3.63, 3.8) is 0 Å². The molecule has 0 aliphatic heterocycles. The molecule has 0 fully saturated rings. The summed E-state index contributed by atoms with van der Waals surface area (Å²) in [5, 5.41) is 17.2. The van der Waals surface area contributed by atoms with Gasteiger partial charge in [0.1, 0.15) is 22.7 Å². The monoisotopic (exact) mass is 532 g/mol. The number of carboxylic acid groups (broad SMARTS) is 1. The van der Waals surface area contributed by atoms with E-state index in [1.807, 2.05) is 24.3 Å². The van der Waals surface area contributed by atoms with Crippen LogP contribution in [0.25, 0.3) is 27.8 Å². The van der Waals surface area contributed by atoms with Crippen LogP contribution in [0.5, 0.6) is 0 Å². The van der Waals surface area contributed by atoms with E-state index >= 15 is 0 Å². The molecule has 0 spiro atoms. The summed E-state index contributed by atoms with van der Waals surface area (Å²) in [5.74, 6) is -1.85. The number of halogens is 3. The Morgan fingerprint density at radius 3 is 2.35 bits per heavy atom. The van der Waals surface area contributed by atoms with Gasteiger partial charge in [0, 0.05) is 25.9 Å². The molecule has 0 unspecified atom stereocenters. The van der Waals surface area contributed by atoms with E-state index in [4.69, 9.17) is 39.3 Å². The van der Waals surface area contributed by atoms with Gasteiger partial charge in [-0.1, -0.05) is 64.2 Å². The molecular formula is C24H15Cl3N2O4S. The molecular weight excluding hydrogens is 519 g/mol. The van der Waals surface area contributed by atoms with E-state index in [2.05, 4.69) is 10.5 Å². The number of aliphatic carboxylic acids is 1. The van der Waals surface area contributed by atoms with Crippen molar-refractivity contribution < 1.29 is 19.2 Å². The highest BCUT2D eigenvalue weighted by atomic mass is 35.5. The van der Waals surface area contributed by atoms with Gasteiger partial charge >= 0.3 is 5.97 Å². The predicted molar refractivity (Wildman–Crippen MR) is 135 cm³/mol. The Morgan fingerprint density at radius 2 is 1.68 bits per heavy atom. The van der Waals surface area contributed by atoms with Crippen molar-refractivity contribution in [2.75, 3.05) is 0 Å². The molecule has 0 bridgehead atoms. The molecule has 2 aromatic carbocycles. The minimum absolute atomic E-state index is 0.0325. The lowest BCUT2D eigenvalue weighted by molar-refractivity contribution is -0.132. The molecule has 10 heteroatoms. The standard InChI is InChI=1S/C24H15Cl3N2O4S/c1-12-20(22(29-33-12)21-16(26)7-4-8-17(21)27)23(30)28-18(24(31)32)11-13-9-10-19(34-13)14-5-2-3-6-15(14)25/h2-11H,1H3,(H,28,30)(H,31,32). The number of hydrogen-bond acceptors (Lipinski definition) is 5. The molecule has 0 saturated heterocycles. The van der Waals surface area contributed by atoms with E-state index in [0.717, 1.165) is 10.4 Å². The first-order chi connectivity index (χ1) is 16.3. The zero-order valence-corrected chi connectivity index (χ0v) is 20.5. The number of carbonyl (C=O) groups excluding carboxylic acids is 1. The van der Waals surface area contributed by atoms with Gasteiger partial charge in [-0.2, -0.15) is 0 Å². The predicted octanol–water partition coefficient (Wildman–Crippen LogP) is 7.19. The minimum atomic E-state index is -1.31. The van der Waals surface area contributed by atoms with Gasteiger partial charge in [-0.05, 0) is 43.3 Å². The first-order valence-electron chi connectivity index (χ1n) is 9.78. The molecule has 0 aliphatic rings. The van der Waals surface area contributed by atoms with Gasteiger partial charge in [0.05, 0.1) is 10.0 Å². The number of nitrogens with one attached hydrogen (secondary N) is 1. The van der Waals surface area contributed by atoms with E-state index < -0.39 is 11.9 Å². The van der Waals surface area contributed by atoms with Gasteiger partial charge in [-0.25, -0.2) is 4.79 Å². The molecule has 172 valence electrons. The summed E-state index contributed by atoms with van der Waals surface area (Å²) in [7, 11) is 0. The van der Waals surface area contributed by atoms with Crippen molar-refractivity contribution >= 4 is 64.1 Å². The molecule has 6 nitrogen and oxygen atoms in total. The van der Waals surface area contributed by atoms with Crippen LogP contribution in [0.3, 0.4) is 0 Å². The van der Waals surface area contributed by atoms with Gasteiger partial charge in [0.2, 0.25) is 0 Å². The number of carbonyl (C=O) groups is 2. The topological polar surface area (TPSA) is 92.4 Å². The molecule has 2 N–H and O–H groups in total. The molecule has 2 heterocycles. The Kier molecular flexibility index (Phi) is 7.09. The number of nitrogens with zero attached hydrogens (tertiary/aromatic N) is 1. The summed E-state index contributed by atoms with van der Waals surface area (Å²) in [6.07, 6.45) is 1.37. The average molecular weight is 534 g/mol. The number of carboxylic acids is 1. The fourth-order valence-electron chi connectivity index (χ4n) is 3.25. The van der Waals surface area contributed by atoms with Crippen molar-refractivity contribution in [2.45, 2.75) is 6.92 Å². The van der Waals surface area contributed by atoms with Crippen LogP contribution in [0.15, 0.2) is 64.8 Å². The summed E-state index contributed by atoms with van der Waals surface area (Å²) < 4.78 is 5.20. The SMILES string of the molecule is Cc1onc(-c2c(Cl)cccc2Cl)c1C(=O)NC(=Cc1ccc(-c2ccccc2Cl)s1)C(=O)O. The molecule has 0 radical (unpaired) electrons. The Hall–Kier alpha value is -3.10. The number of benzene rings is 2. The second-order valence-electron chi connectivity index (χ2n) is 7.06. The summed E-state index contributed by atoms with van der Waals surface area (Å²) in [6, 6.07) is 15.8. The van der Waals surface area contributed by atoms with Gasteiger partial charge < -0.3 is 14.9 Å². The Labute approximate surface area is 213 Å². The fraction of sp³-hybridized carbons (Fsp3) is 0.0417. The third-order valence-corrected chi connectivity index (χ3v) is 6.85. The van der Waals surface area contributed by atoms with E-state index in [0.29, 0.717) is 15.5 Å². The van der Waals surface area contributed by atoms with Crippen LogP contribution >= 0.6 is 46.1 Å². The van der Waals surface area contributed by atoms with Crippen molar-refractivity contribution in [1.82, 2.24) is 10.5 Å². The van der Waals surface area contributed by atoms with E-state index in [-0.39, 0.29) is 32.8 Å². The maximum absolute atomic E-state index is 13.1. The van der Waals surface area contributed by atoms with Gasteiger partial charge in [-0.15, -0.1) is 11.3 Å². The van der Waals surface area contributed by atoms with Gasteiger partial charge in [0.15, 0.2) is 0 Å². The van der Waals surface area contributed by atoms with Crippen molar-refractivity contribution in [2.24, 2.45) is 0 Å². The molecule has 0 saturated carbocycles. The highest BCUT2D eigenvalue weighted by Crippen LogP contribution is 2.37. The maximum atomic E-state index is 13.1. The van der Waals surface area contributed by atoms with Crippen LogP contribution in [0.4, 0.5) is 0 Å². The summed E-state index contributed by atoms with van der Waals surface area (Å²) >= 11 is 20.1. The molecule has 1 amide bonds. The highest BCUT2D eigenvalue weighted by molar-refractivity contribution is 7.16. The Bertz CT molecular complexity index is 1420. The Balaban J connectivity index is 1.66.